The van der Waals surface area contributed by atoms with Crippen LogP contribution in [0.3, 0.4) is 0 Å². The first kappa shape index (κ1) is 12.1. The van der Waals surface area contributed by atoms with Gasteiger partial charge in [-0.05, 0) is 68.2 Å². The molecule has 0 N–H and O–H groups in total. The van der Waals surface area contributed by atoms with E-state index in [1.807, 2.05) is 32.0 Å². The number of rotatable bonds is 1. The van der Waals surface area contributed by atoms with E-state index in [0.717, 1.165) is 30.5 Å². The minimum Gasteiger partial charge on any atom is -0.274 e. The number of nitrogens with zero attached hydrogens (tertiary/aromatic N) is 1. The summed E-state index contributed by atoms with van der Waals surface area (Å²) in [7, 11) is 0. The molecular weight excluding hydrogens is 250 g/mol. The molecule has 1 saturated heterocycles. The number of carbonyl (C=O) groups excluding carboxylic acids is 2. The van der Waals surface area contributed by atoms with Crippen molar-refractivity contribution in [3.63, 3.8) is 0 Å². The largest absolute Gasteiger partial charge is 0.274 e. The SMILES string of the molecule is Cc1ccc(N2C(=O)[C@H]3[C@H]4CC[C@@H](C4)[C@@H]3C2=O)cc1C. The van der Waals surface area contributed by atoms with Crippen LogP contribution in [-0.4, -0.2) is 11.8 Å². The Labute approximate surface area is 119 Å². The van der Waals surface area contributed by atoms with Crippen LogP contribution in [0.4, 0.5) is 5.69 Å². The molecule has 2 aliphatic carbocycles. The molecule has 0 unspecified atom stereocenters. The van der Waals surface area contributed by atoms with E-state index in [-0.39, 0.29) is 23.7 Å². The molecular formula is C17H19NO2. The Balaban J connectivity index is 1.74. The van der Waals surface area contributed by atoms with Gasteiger partial charge in [-0.2, -0.15) is 0 Å². The standard InChI is InChI=1S/C17H19NO2/c1-9-3-6-13(7-10(9)2)18-16(19)14-11-4-5-12(8-11)15(14)17(18)20/h3,6-7,11-12,14-15H,4-5,8H2,1-2H3/t11-,12-,14-,15-/m0/s1. The predicted octanol–water partition coefficient (Wildman–Crippen LogP) is 2.84. The molecule has 4 atom stereocenters. The molecule has 3 fully saturated rings. The second-order valence-electron chi connectivity index (χ2n) is 6.67. The minimum atomic E-state index is -0.0251. The molecule has 0 radical (unpaired) electrons. The van der Waals surface area contributed by atoms with E-state index in [0.29, 0.717) is 11.8 Å². The van der Waals surface area contributed by atoms with Crippen LogP contribution >= 0.6 is 0 Å². The van der Waals surface area contributed by atoms with Crippen molar-refractivity contribution in [2.24, 2.45) is 23.7 Å². The Morgan fingerprint density at radius 2 is 1.55 bits per heavy atom. The maximum atomic E-state index is 12.7. The number of fused-ring (bicyclic) bond motifs is 5. The lowest BCUT2D eigenvalue weighted by Crippen LogP contribution is -2.32. The normalized spacial score (nSPS) is 35.0. The Bertz CT molecular complexity index is 593. The number of hydrogen-bond donors (Lipinski definition) is 0. The molecule has 104 valence electrons. The molecule has 1 aromatic rings. The van der Waals surface area contributed by atoms with Gasteiger partial charge in [-0.15, -0.1) is 0 Å². The van der Waals surface area contributed by atoms with Gasteiger partial charge >= 0.3 is 0 Å². The van der Waals surface area contributed by atoms with Gasteiger partial charge in [-0.1, -0.05) is 6.07 Å². The maximum Gasteiger partial charge on any atom is 0.237 e. The van der Waals surface area contributed by atoms with E-state index < -0.39 is 0 Å². The maximum absolute atomic E-state index is 12.7. The van der Waals surface area contributed by atoms with Crippen molar-refractivity contribution in [1.82, 2.24) is 0 Å². The third-order valence-electron chi connectivity index (χ3n) is 5.68. The first-order chi connectivity index (χ1) is 9.58. The zero-order valence-electron chi connectivity index (χ0n) is 11.9. The van der Waals surface area contributed by atoms with Crippen molar-refractivity contribution in [3.05, 3.63) is 29.3 Å². The van der Waals surface area contributed by atoms with Crippen LogP contribution in [-0.2, 0) is 9.59 Å². The monoisotopic (exact) mass is 269 g/mol. The highest BCUT2D eigenvalue weighted by Crippen LogP contribution is 2.56. The predicted molar refractivity (Wildman–Crippen MR) is 76.2 cm³/mol. The first-order valence-electron chi connectivity index (χ1n) is 7.53. The van der Waals surface area contributed by atoms with Gasteiger partial charge in [0, 0.05) is 0 Å². The van der Waals surface area contributed by atoms with E-state index in [1.165, 1.54) is 10.5 Å². The summed E-state index contributed by atoms with van der Waals surface area (Å²) in [6.07, 6.45) is 3.35. The van der Waals surface area contributed by atoms with Gasteiger partial charge in [0.15, 0.2) is 0 Å². The second-order valence-corrected chi connectivity index (χ2v) is 6.67. The van der Waals surface area contributed by atoms with Crippen molar-refractivity contribution < 1.29 is 9.59 Å². The third kappa shape index (κ3) is 1.41. The highest BCUT2D eigenvalue weighted by Gasteiger charge is 2.61. The summed E-state index contributed by atoms with van der Waals surface area (Å²) in [6, 6.07) is 5.86. The fourth-order valence-corrected chi connectivity index (χ4v) is 4.53. The van der Waals surface area contributed by atoms with Crippen molar-refractivity contribution >= 4 is 17.5 Å². The lowest BCUT2D eigenvalue weighted by molar-refractivity contribution is -0.123. The van der Waals surface area contributed by atoms with Crippen LogP contribution in [0.25, 0.3) is 0 Å². The number of imide groups is 1. The van der Waals surface area contributed by atoms with Crippen molar-refractivity contribution in [3.8, 4) is 0 Å². The van der Waals surface area contributed by atoms with Crippen LogP contribution in [0.5, 0.6) is 0 Å². The molecule has 0 aromatic heterocycles. The van der Waals surface area contributed by atoms with Crippen molar-refractivity contribution in [2.45, 2.75) is 33.1 Å². The Morgan fingerprint density at radius 1 is 0.950 bits per heavy atom. The minimum absolute atomic E-state index is 0.0251. The van der Waals surface area contributed by atoms with Crippen LogP contribution in [0.2, 0.25) is 0 Å². The summed E-state index contributed by atoms with van der Waals surface area (Å²) in [4.78, 5) is 26.8. The number of carbonyl (C=O) groups is 2. The van der Waals surface area contributed by atoms with E-state index in [9.17, 15) is 9.59 Å². The summed E-state index contributed by atoms with van der Waals surface area (Å²) in [6.45, 7) is 4.07. The summed E-state index contributed by atoms with van der Waals surface area (Å²) in [5, 5.41) is 0. The van der Waals surface area contributed by atoms with E-state index in [2.05, 4.69) is 0 Å². The number of anilines is 1. The molecule has 0 spiro atoms. The quantitative estimate of drug-likeness (QED) is 0.735. The molecule has 3 nitrogen and oxygen atoms in total. The van der Waals surface area contributed by atoms with Crippen LogP contribution in [0.15, 0.2) is 18.2 Å². The number of hydrogen-bond acceptors (Lipinski definition) is 2. The summed E-state index contributed by atoms with van der Waals surface area (Å²) in [5.74, 6) is 0.965. The van der Waals surface area contributed by atoms with E-state index >= 15 is 0 Å². The number of aryl methyl sites for hydroxylation is 2. The molecule has 20 heavy (non-hydrogen) atoms. The highest BCUT2D eigenvalue weighted by molar-refractivity contribution is 6.22. The van der Waals surface area contributed by atoms with Crippen molar-refractivity contribution in [1.29, 1.82) is 0 Å². The molecule has 3 heteroatoms. The molecule has 1 aromatic carbocycles. The van der Waals surface area contributed by atoms with Crippen LogP contribution < -0.4 is 4.90 Å². The van der Waals surface area contributed by atoms with Gasteiger partial charge in [0.1, 0.15) is 0 Å². The fourth-order valence-electron chi connectivity index (χ4n) is 4.53. The van der Waals surface area contributed by atoms with Gasteiger partial charge in [0.25, 0.3) is 0 Å². The average molecular weight is 269 g/mol. The molecule has 2 saturated carbocycles. The summed E-state index contributed by atoms with van der Waals surface area (Å²) in [5.41, 5.74) is 3.08. The molecule has 4 rings (SSSR count). The number of amides is 2. The molecule has 1 aliphatic heterocycles. The molecule has 3 aliphatic rings. The lowest BCUT2D eigenvalue weighted by atomic mass is 9.81. The summed E-state index contributed by atoms with van der Waals surface area (Å²) < 4.78 is 0. The second kappa shape index (κ2) is 3.94. The fraction of sp³-hybridized carbons (Fsp3) is 0.529. The van der Waals surface area contributed by atoms with Crippen LogP contribution in [0.1, 0.15) is 30.4 Å². The van der Waals surface area contributed by atoms with Gasteiger partial charge in [-0.25, -0.2) is 0 Å². The van der Waals surface area contributed by atoms with Gasteiger partial charge in [0.05, 0.1) is 17.5 Å². The first-order valence-corrected chi connectivity index (χ1v) is 7.53. The zero-order chi connectivity index (χ0) is 14.0. The number of benzene rings is 1. The van der Waals surface area contributed by atoms with Crippen LogP contribution in [0, 0.1) is 37.5 Å². The lowest BCUT2D eigenvalue weighted by Gasteiger charge is -2.19. The van der Waals surface area contributed by atoms with Gasteiger partial charge in [-0.3, -0.25) is 14.5 Å². The van der Waals surface area contributed by atoms with E-state index in [1.54, 1.807) is 0 Å². The van der Waals surface area contributed by atoms with E-state index in [4.69, 9.17) is 0 Å². The summed E-state index contributed by atoms with van der Waals surface area (Å²) >= 11 is 0. The van der Waals surface area contributed by atoms with Gasteiger partial charge in [0.2, 0.25) is 11.8 Å². The smallest absolute Gasteiger partial charge is 0.237 e. The zero-order valence-corrected chi connectivity index (χ0v) is 11.9. The Kier molecular flexibility index (Phi) is 2.39. The average Bonchev–Trinajstić information content (AvgIpc) is 3.08. The highest BCUT2D eigenvalue weighted by atomic mass is 16.2. The van der Waals surface area contributed by atoms with Gasteiger partial charge < -0.3 is 0 Å². The third-order valence-corrected chi connectivity index (χ3v) is 5.68. The van der Waals surface area contributed by atoms with Crippen molar-refractivity contribution in [2.75, 3.05) is 4.90 Å². The molecule has 2 bridgehead atoms. The molecule has 2 amide bonds. The topological polar surface area (TPSA) is 37.4 Å². The Morgan fingerprint density at radius 3 is 2.10 bits per heavy atom. The Hall–Kier alpha value is -1.64. The molecule has 1 heterocycles.